The number of aromatic nitrogens is 2. The van der Waals surface area contributed by atoms with Gasteiger partial charge in [-0.05, 0) is 31.2 Å². The largest absolute Gasteiger partial charge is 0.474 e. The Balaban J connectivity index is 1.28. The number of thioether (sulfide) groups is 1. The first-order chi connectivity index (χ1) is 13.7. The molecule has 28 heavy (non-hydrogen) atoms. The molecule has 2 aliphatic heterocycles. The molecule has 2 aromatic rings. The maximum absolute atomic E-state index is 12.8. The summed E-state index contributed by atoms with van der Waals surface area (Å²) in [5, 5.41) is 0. The fourth-order valence-corrected chi connectivity index (χ4v) is 4.56. The molecule has 2 aromatic heterocycles. The number of pyridine rings is 2. The molecule has 1 atom stereocenters. The number of amides is 1. The van der Waals surface area contributed by atoms with Crippen LogP contribution in [0.2, 0.25) is 0 Å². The highest BCUT2D eigenvalue weighted by molar-refractivity contribution is 7.99. The molecule has 0 aliphatic carbocycles. The fourth-order valence-electron chi connectivity index (χ4n) is 3.47. The highest BCUT2D eigenvalue weighted by Gasteiger charge is 2.25. The van der Waals surface area contributed by atoms with Crippen molar-refractivity contribution >= 4 is 17.7 Å². The van der Waals surface area contributed by atoms with Gasteiger partial charge < -0.3 is 14.4 Å². The smallest absolute Gasteiger partial charge is 0.255 e. The van der Waals surface area contributed by atoms with Gasteiger partial charge in [0, 0.05) is 55.7 Å². The summed E-state index contributed by atoms with van der Waals surface area (Å²) in [7, 11) is 0. The van der Waals surface area contributed by atoms with Gasteiger partial charge in [0.1, 0.15) is 12.2 Å². The van der Waals surface area contributed by atoms with Crippen LogP contribution < -0.4 is 9.47 Å². The molecule has 0 radical (unpaired) electrons. The standard InChI is InChI=1S/C21H25N3O3S/c1-15-3-2-4-20(23-15)26-17-7-10-24(11-8-17)21(25)16-5-6-19(22-13-16)27-18-9-12-28-14-18/h2-6,13,17-18H,7-12,14H2,1H3/t18-/m0/s1. The predicted molar refractivity (Wildman–Crippen MR) is 109 cm³/mol. The summed E-state index contributed by atoms with van der Waals surface area (Å²) >= 11 is 1.90. The van der Waals surface area contributed by atoms with Gasteiger partial charge in [0.15, 0.2) is 0 Å². The summed E-state index contributed by atoms with van der Waals surface area (Å²) < 4.78 is 11.8. The van der Waals surface area contributed by atoms with E-state index in [1.54, 1.807) is 12.3 Å². The number of hydrogen-bond acceptors (Lipinski definition) is 6. The molecule has 2 fully saturated rings. The predicted octanol–water partition coefficient (Wildman–Crippen LogP) is 3.35. The SMILES string of the molecule is Cc1cccc(OC2CCN(C(=O)c3ccc(O[C@H]4CCSC4)nc3)CC2)n1. The van der Waals surface area contributed by atoms with Crippen molar-refractivity contribution in [3.05, 3.63) is 47.8 Å². The number of carbonyl (C=O) groups excluding carboxylic acids is 1. The number of rotatable bonds is 5. The van der Waals surface area contributed by atoms with Crippen molar-refractivity contribution in [1.82, 2.24) is 14.9 Å². The lowest BCUT2D eigenvalue weighted by atomic mass is 10.1. The van der Waals surface area contributed by atoms with Gasteiger partial charge in [0.25, 0.3) is 5.91 Å². The van der Waals surface area contributed by atoms with Gasteiger partial charge in [-0.1, -0.05) is 6.07 Å². The lowest BCUT2D eigenvalue weighted by Gasteiger charge is -2.32. The van der Waals surface area contributed by atoms with Crippen LogP contribution in [0, 0.1) is 6.92 Å². The highest BCUT2D eigenvalue weighted by atomic mass is 32.2. The minimum atomic E-state index is 0.0163. The molecule has 6 nitrogen and oxygen atoms in total. The third kappa shape index (κ3) is 4.76. The zero-order valence-corrected chi connectivity index (χ0v) is 16.9. The molecule has 0 N–H and O–H groups in total. The van der Waals surface area contributed by atoms with Crippen LogP contribution in [0.4, 0.5) is 0 Å². The van der Waals surface area contributed by atoms with Gasteiger partial charge >= 0.3 is 0 Å². The van der Waals surface area contributed by atoms with Crippen LogP contribution in [0.3, 0.4) is 0 Å². The summed E-state index contributed by atoms with van der Waals surface area (Å²) in [5.74, 6) is 3.42. The average molecular weight is 400 g/mol. The van der Waals surface area contributed by atoms with Crippen LogP contribution in [0.1, 0.15) is 35.3 Å². The molecular weight excluding hydrogens is 374 g/mol. The van der Waals surface area contributed by atoms with E-state index in [1.165, 1.54) is 0 Å². The lowest BCUT2D eigenvalue weighted by Crippen LogP contribution is -2.41. The van der Waals surface area contributed by atoms with Crippen molar-refractivity contribution in [2.45, 2.75) is 38.4 Å². The van der Waals surface area contributed by atoms with Gasteiger partial charge in [-0.2, -0.15) is 11.8 Å². The topological polar surface area (TPSA) is 64.5 Å². The molecule has 0 aromatic carbocycles. The third-order valence-electron chi connectivity index (χ3n) is 5.04. The Bertz CT molecular complexity index is 801. The van der Waals surface area contributed by atoms with Crippen molar-refractivity contribution in [2.24, 2.45) is 0 Å². The van der Waals surface area contributed by atoms with Crippen molar-refractivity contribution in [1.29, 1.82) is 0 Å². The van der Waals surface area contributed by atoms with E-state index in [0.717, 1.165) is 36.5 Å². The maximum Gasteiger partial charge on any atom is 0.255 e. The Hall–Kier alpha value is -2.28. The molecule has 0 spiro atoms. The van der Waals surface area contributed by atoms with Crippen LogP contribution in [-0.4, -0.2) is 57.6 Å². The summed E-state index contributed by atoms with van der Waals surface area (Å²) in [5.41, 5.74) is 1.55. The number of hydrogen-bond donors (Lipinski definition) is 0. The first-order valence-corrected chi connectivity index (χ1v) is 10.9. The van der Waals surface area contributed by atoms with E-state index in [4.69, 9.17) is 9.47 Å². The van der Waals surface area contributed by atoms with Gasteiger partial charge in [-0.3, -0.25) is 4.79 Å². The Labute approximate surface area is 169 Å². The normalized spacial score (nSPS) is 20.2. The summed E-state index contributed by atoms with van der Waals surface area (Å²) in [6.45, 7) is 3.30. The number of ether oxygens (including phenoxy) is 2. The Morgan fingerprint density at radius 1 is 1.07 bits per heavy atom. The van der Waals surface area contributed by atoms with E-state index in [2.05, 4.69) is 9.97 Å². The van der Waals surface area contributed by atoms with Gasteiger partial charge in [0.05, 0.1) is 5.56 Å². The van der Waals surface area contributed by atoms with Crippen molar-refractivity contribution < 1.29 is 14.3 Å². The van der Waals surface area contributed by atoms with Crippen molar-refractivity contribution in [2.75, 3.05) is 24.6 Å². The first-order valence-electron chi connectivity index (χ1n) is 9.77. The van der Waals surface area contributed by atoms with Crippen LogP contribution in [0.5, 0.6) is 11.8 Å². The molecule has 4 rings (SSSR count). The number of carbonyl (C=O) groups is 1. The summed E-state index contributed by atoms with van der Waals surface area (Å²) in [6, 6.07) is 9.39. The van der Waals surface area contributed by atoms with Crippen LogP contribution in [-0.2, 0) is 0 Å². The van der Waals surface area contributed by atoms with E-state index in [-0.39, 0.29) is 18.1 Å². The van der Waals surface area contributed by atoms with E-state index < -0.39 is 0 Å². The Kier molecular flexibility index (Phi) is 6.00. The zero-order valence-electron chi connectivity index (χ0n) is 16.0. The second kappa shape index (κ2) is 8.82. The quantitative estimate of drug-likeness (QED) is 0.768. The molecule has 148 valence electrons. The zero-order chi connectivity index (χ0) is 19.3. The van der Waals surface area contributed by atoms with Crippen LogP contribution in [0.15, 0.2) is 36.5 Å². The van der Waals surface area contributed by atoms with Gasteiger partial charge in [0.2, 0.25) is 11.8 Å². The monoisotopic (exact) mass is 399 g/mol. The molecule has 1 amide bonds. The van der Waals surface area contributed by atoms with Gasteiger partial charge in [-0.25, -0.2) is 9.97 Å². The molecule has 4 heterocycles. The average Bonchev–Trinajstić information content (AvgIpc) is 3.22. The third-order valence-corrected chi connectivity index (χ3v) is 6.17. The minimum absolute atomic E-state index is 0.0163. The van der Waals surface area contributed by atoms with Crippen molar-refractivity contribution in [3.8, 4) is 11.8 Å². The molecular formula is C21H25N3O3S. The number of piperidine rings is 1. The Morgan fingerprint density at radius 3 is 2.57 bits per heavy atom. The van der Waals surface area contributed by atoms with Crippen LogP contribution in [0.25, 0.3) is 0 Å². The maximum atomic E-state index is 12.8. The van der Waals surface area contributed by atoms with Crippen molar-refractivity contribution in [3.63, 3.8) is 0 Å². The van der Waals surface area contributed by atoms with E-state index >= 15 is 0 Å². The molecule has 0 saturated carbocycles. The van der Waals surface area contributed by atoms with E-state index in [0.29, 0.717) is 30.4 Å². The summed E-state index contributed by atoms with van der Waals surface area (Å²) in [6.07, 6.45) is 4.61. The van der Waals surface area contributed by atoms with E-state index in [1.807, 2.05) is 47.9 Å². The van der Waals surface area contributed by atoms with Gasteiger partial charge in [-0.15, -0.1) is 0 Å². The first kappa shape index (κ1) is 19.1. The lowest BCUT2D eigenvalue weighted by molar-refractivity contribution is 0.0587. The molecule has 7 heteroatoms. The van der Waals surface area contributed by atoms with Crippen LogP contribution >= 0.6 is 11.8 Å². The molecule has 0 unspecified atom stereocenters. The molecule has 2 aliphatic rings. The van der Waals surface area contributed by atoms with E-state index in [9.17, 15) is 4.79 Å². The fraction of sp³-hybridized carbons (Fsp3) is 0.476. The highest BCUT2D eigenvalue weighted by Crippen LogP contribution is 2.23. The Morgan fingerprint density at radius 2 is 1.89 bits per heavy atom. The second-order valence-electron chi connectivity index (χ2n) is 7.22. The molecule has 0 bridgehead atoms. The second-order valence-corrected chi connectivity index (χ2v) is 8.37. The number of nitrogens with zero attached hydrogens (tertiary/aromatic N) is 3. The summed E-state index contributed by atoms with van der Waals surface area (Å²) in [4.78, 5) is 23.3. The number of aryl methyl sites for hydroxylation is 1. The number of likely N-dealkylation sites (tertiary alicyclic amines) is 1. The minimum Gasteiger partial charge on any atom is -0.474 e. The molecule has 2 saturated heterocycles.